The lowest BCUT2D eigenvalue weighted by molar-refractivity contribution is 0.156. The summed E-state index contributed by atoms with van der Waals surface area (Å²) in [5, 5.41) is 2.98. The van der Waals surface area contributed by atoms with Gasteiger partial charge in [0.25, 0.3) is 0 Å². The van der Waals surface area contributed by atoms with Crippen molar-refractivity contribution >= 4 is 5.82 Å². The molecule has 0 saturated carbocycles. The fourth-order valence-corrected chi connectivity index (χ4v) is 1.18. The SMILES string of the molecule is CNc1cc(OC(C)C(C)C)nc(COC)n1. The second-order valence-corrected chi connectivity index (χ2v) is 4.26. The van der Waals surface area contributed by atoms with Gasteiger partial charge >= 0.3 is 0 Å². The minimum atomic E-state index is 0.116. The van der Waals surface area contributed by atoms with E-state index in [0.717, 1.165) is 5.82 Å². The first kappa shape index (κ1) is 13.7. The Kier molecular flexibility index (Phi) is 5.15. The van der Waals surface area contributed by atoms with Crippen molar-refractivity contribution in [3.8, 4) is 5.88 Å². The number of ether oxygens (including phenoxy) is 2. The van der Waals surface area contributed by atoms with Crippen LogP contribution in [0, 0.1) is 5.92 Å². The van der Waals surface area contributed by atoms with Gasteiger partial charge in [0.2, 0.25) is 5.88 Å². The van der Waals surface area contributed by atoms with Crippen molar-refractivity contribution in [1.82, 2.24) is 9.97 Å². The van der Waals surface area contributed by atoms with Gasteiger partial charge in [0.05, 0.1) is 6.10 Å². The van der Waals surface area contributed by atoms with Crippen molar-refractivity contribution in [2.45, 2.75) is 33.5 Å². The van der Waals surface area contributed by atoms with Crippen LogP contribution in [0.3, 0.4) is 0 Å². The van der Waals surface area contributed by atoms with E-state index in [0.29, 0.717) is 24.2 Å². The van der Waals surface area contributed by atoms with Gasteiger partial charge in [-0.1, -0.05) is 13.8 Å². The van der Waals surface area contributed by atoms with E-state index in [2.05, 4.69) is 29.1 Å². The predicted molar refractivity (Wildman–Crippen MR) is 67.2 cm³/mol. The fraction of sp³-hybridized carbons (Fsp3) is 0.667. The first-order chi connectivity index (χ1) is 8.06. The monoisotopic (exact) mass is 239 g/mol. The number of rotatable bonds is 6. The van der Waals surface area contributed by atoms with Crippen LogP contribution in [0.4, 0.5) is 5.82 Å². The van der Waals surface area contributed by atoms with E-state index in [9.17, 15) is 0 Å². The molecule has 0 spiro atoms. The molecule has 0 aliphatic carbocycles. The van der Waals surface area contributed by atoms with E-state index in [1.807, 2.05) is 14.0 Å². The zero-order valence-corrected chi connectivity index (χ0v) is 11.2. The van der Waals surface area contributed by atoms with Crippen molar-refractivity contribution < 1.29 is 9.47 Å². The Bertz CT molecular complexity index is 356. The minimum Gasteiger partial charge on any atom is -0.474 e. The molecule has 1 N–H and O–H groups in total. The third-order valence-corrected chi connectivity index (χ3v) is 2.52. The molecule has 96 valence electrons. The number of hydrogen-bond donors (Lipinski definition) is 1. The second-order valence-electron chi connectivity index (χ2n) is 4.26. The fourth-order valence-electron chi connectivity index (χ4n) is 1.18. The van der Waals surface area contributed by atoms with Crippen molar-refractivity contribution in [3.05, 3.63) is 11.9 Å². The highest BCUT2D eigenvalue weighted by Gasteiger charge is 2.11. The van der Waals surface area contributed by atoms with E-state index in [4.69, 9.17) is 9.47 Å². The summed E-state index contributed by atoms with van der Waals surface area (Å²) in [5.74, 6) is 2.37. The van der Waals surface area contributed by atoms with Gasteiger partial charge in [0.1, 0.15) is 12.4 Å². The number of anilines is 1. The minimum absolute atomic E-state index is 0.116. The van der Waals surface area contributed by atoms with Crippen LogP contribution in [0.2, 0.25) is 0 Å². The first-order valence-electron chi connectivity index (χ1n) is 5.78. The topological polar surface area (TPSA) is 56.3 Å². The van der Waals surface area contributed by atoms with E-state index < -0.39 is 0 Å². The third kappa shape index (κ3) is 4.19. The second kappa shape index (κ2) is 6.39. The molecule has 1 aromatic heterocycles. The molecule has 1 unspecified atom stereocenters. The number of methoxy groups -OCH3 is 1. The van der Waals surface area contributed by atoms with Gasteiger partial charge in [0.15, 0.2) is 5.82 Å². The molecule has 0 fully saturated rings. The summed E-state index contributed by atoms with van der Waals surface area (Å²) in [6, 6.07) is 1.79. The van der Waals surface area contributed by atoms with E-state index in [-0.39, 0.29) is 6.10 Å². The predicted octanol–water partition coefficient (Wildman–Crippen LogP) is 2.09. The maximum atomic E-state index is 5.76. The van der Waals surface area contributed by atoms with Crippen molar-refractivity contribution in [3.63, 3.8) is 0 Å². The van der Waals surface area contributed by atoms with Gasteiger partial charge in [-0.15, -0.1) is 0 Å². The molecular weight excluding hydrogens is 218 g/mol. The maximum Gasteiger partial charge on any atom is 0.219 e. The molecule has 1 rings (SSSR count). The van der Waals surface area contributed by atoms with Gasteiger partial charge in [-0.25, -0.2) is 4.98 Å². The van der Waals surface area contributed by atoms with Gasteiger partial charge in [-0.2, -0.15) is 4.98 Å². The number of hydrogen-bond acceptors (Lipinski definition) is 5. The average molecular weight is 239 g/mol. The smallest absolute Gasteiger partial charge is 0.219 e. The standard InChI is InChI=1S/C12H21N3O2/c1-8(2)9(3)17-12-6-10(13-4)14-11(15-12)7-16-5/h6,8-9H,7H2,1-5H3,(H,13,14,15). The van der Waals surface area contributed by atoms with Crippen LogP contribution in [0.25, 0.3) is 0 Å². The molecule has 0 bridgehead atoms. The Labute approximate surface area is 103 Å². The van der Waals surface area contributed by atoms with E-state index >= 15 is 0 Å². The number of nitrogens with zero attached hydrogens (tertiary/aromatic N) is 2. The lowest BCUT2D eigenvalue weighted by Gasteiger charge is -2.18. The molecular formula is C12H21N3O2. The highest BCUT2D eigenvalue weighted by molar-refractivity contribution is 5.37. The van der Waals surface area contributed by atoms with Crippen LogP contribution >= 0.6 is 0 Å². The number of nitrogens with one attached hydrogen (secondary N) is 1. The zero-order valence-electron chi connectivity index (χ0n) is 11.2. The Hall–Kier alpha value is -1.36. The summed E-state index contributed by atoms with van der Waals surface area (Å²) in [6.07, 6.45) is 0.116. The Morgan fingerprint density at radius 1 is 1.29 bits per heavy atom. The average Bonchev–Trinajstić information content (AvgIpc) is 2.28. The van der Waals surface area contributed by atoms with Crippen LogP contribution in [0.5, 0.6) is 5.88 Å². The molecule has 0 amide bonds. The van der Waals surface area contributed by atoms with Gasteiger partial charge in [0, 0.05) is 20.2 Å². The molecule has 5 nitrogen and oxygen atoms in total. The van der Waals surface area contributed by atoms with Gasteiger partial charge in [-0.3, -0.25) is 0 Å². The van der Waals surface area contributed by atoms with Crippen molar-refractivity contribution in [1.29, 1.82) is 0 Å². The molecule has 1 aromatic rings. The summed E-state index contributed by atoms with van der Waals surface area (Å²) in [4.78, 5) is 8.56. The van der Waals surface area contributed by atoms with Crippen LogP contribution in [0.15, 0.2) is 6.07 Å². The zero-order chi connectivity index (χ0) is 12.8. The van der Waals surface area contributed by atoms with Gasteiger partial charge in [-0.05, 0) is 12.8 Å². The molecule has 0 aliphatic rings. The molecule has 1 heterocycles. The molecule has 5 heteroatoms. The Morgan fingerprint density at radius 3 is 2.53 bits per heavy atom. The summed E-state index contributed by atoms with van der Waals surface area (Å²) >= 11 is 0. The van der Waals surface area contributed by atoms with Gasteiger partial charge < -0.3 is 14.8 Å². The molecule has 0 aromatic carbocycles. The van der Waals surface area contributed by atoms with Crippen LogP contribution in [-0.4, -0.2) is 30.2 Å². The van der Waals surface area contributed by atoms with E-state index in [1.54, 1.807) is 13.2 Å². The first-order valence-corrected chi connectivity index (χ1v) is 5.78. The molecule has 0 aliphatic heterocycles. The highest BCUT2D eigenvalue weighted by Crippen LogP contribution is 2.17. The third-order valence-electron chi connectivity index (χ3n) is 2.52. The summed E-state index contributed by atoms with van der Waals surface area (Å²) in [5.41, 5.74) is 0. The maximum absolute atomic E-state index is 5.76. The normalized spacial score (nSPS) is 12.6. The molecule has 17 heavy (non-hydrogen) atoms. The summed E-state index contributed by atoms with van der Waals surface area (Å²) in [7, 11) is 3.43. The van der Waals surface area contributed by atoms with Crippen molar-refractivity contribution in [2.75, 3.05) is 19.5 Å². The molecule has 0 radical (unpaired) electrons. The highest BCUT2D eigenvalue weighted by atomic mass is 16.5. The Morgan fingerprint density at radius 2 is 2.00 bits per heavy atom. The van der Waals surface area contributed by atoms with E-state index in [1.165, 1.54) is 0 Å². The lowest BCUT2D eigenvalue weighted by Crippen LogP contribution is -2.19. The lowest BCUT2D eigenvalue weighted by atomic mass is 10.1. The van der Waals surface area contributed by atoms with Crippen molar-refractivity contribution in [2.24, 2.45) is 5.92 Å². The molecule has 1 atom stereocenters. The summed E-state index contributed by atoms with van der Waals surface area (Å²) < 4.78 is 10.8. The largest absolute Gasteiger partial charge is 0.474 e. The Balaban J connectivity index is 2.86. The molecule has 0 saturated heterocycles. The van der Waals surface area contributed by atoms with Crippen LogP contribution < -0.4 is 10.1 Å². The number of aromatic nitrogens is 2. The van der Waals surface area contributed by atoms with Crippen LogP contribution in [-0.2, 0) is 11.3 Å². The summed E-state index contributed by atoms with van der Waals surface area (Å²) in [6.45, 7) is 6.63. The quantitative estimate of drug-likeness (QED) is 0.823. The van der Waals surface area contributed by atoms with Crippen LogP contribution in [0.1, 0.15) is 26.6 Å².